The van der Waals surface area contributed by atoms with Crippen molar-refractivity contribution in [3.63, 3.8) is 0 Å². The number of anilines is 4. The zero-order chi connectivity index (χ0) is 24.2. The van der Waals surface area contributed by atoms with Crippen LogP contribution in [-0.2, 0) is 10.0 Å². The molecular weight excluding hydrogens is 458 g/mol. The molecule has 0 aliphatic heterocycles. The number of nitrogens with one attached hydrogen (secondary N) is 2. The van der Waals surface area contributed by atoms with E-state index in [4.69, 9.17) is 0 Å². The monoisotopic (exact) mass is 478 g/mol. The van der Waals surface area contributed by atoms with Crippen LogP contribution >= 0.6 is 0 Å². The molecule has 0 fully saturated rings. The predicted octanol–water partition coefficient (Wildman–Crippen LogP) is 4.18. The quantitative estimate of drug-likeness (QED) is 0.346. The van der Waals surface area contributed by atoms with Gasteiger partial charge in [0.1, 0.15) is 6.33 Å². The lowest BCUT2D eigenvalue weighted by molar-refractivity contribution is -0.383. The lowest BCUT2D eigenvalue weighted by atomic mass is 10.3. The first-order valence-corrected chi connectivity index (χ1v) is 11.2. The number of nitro groups is 1. The van der Waals surface area contributed by atoms with Crippen LogP contribution in [0.1, 0.15) is 13.8 Å². The zero-order valence-corrected chi connectivity index (χ0v) is 18.4. The fraction of sp³-hybridized carbons (Fsp3) is 0.200. The van der Waals surface area contributed by atoms with E-state index in [0.29, 0.717) is 18.8 Å². The van der Waals surface area contributed by atoms with Crippen LogP contribution in [0.3, 0.4) is 0 Å². The number of halogens is 2. The third kappa shape index (κ3) is 5.21. The zero-order valence-electron chi connectivity index (χ0n) is 17.6. The number of benzene rings is 2. The molecule has 2 aromatic carbocycles. The van der Waals surface area contributed by atoms with Crippen molar-refractivity contribution in [2.75, 3.05) is 23.7 Å². The molecule has 33 heavy (non-hydrogen) atoms. The Kier molecular flexibility index (Phi) is 7.13. The summed E-state index contributed by atoms with van der Waals surface area (Å²) in [5.74, 6) is -2.62. The summed E-state index contributed by atoms with van der Waals surface area (Å²) >= 11 is 0. The molecular formula is C20H20F2N6O4S. The fourth-order valence-corrected chi connectivity index (χ4v) is 4.46. The number of hydrogen-bond acceptors (Lipinski definition) is 8. The van der Waals surface area contributed by atoms with E-state index in [9.17, 15) is 27.3 Å². The van der Waals surface area contributed by atoms with Gasteiger partial charge in [-0.05, 0) is 36.4 Å². The summed E-state index contributed by atoms with van der Waals surface area (Å²) in [5, 5.41) is 17.0. The third-order valence-electron chi connectivity index (χ3n) is 4.65. The van der Waals surface area contributed by atoms with Gasteiger partial charge >= 0.3 is 5.69 Å². The Morgan fingerprint density at radius 3 is 2.00 bits per heavy atom. The van der Waals surface area contributed by atoms with Crippen molar-refractivity contribution in [2.24, 2.45) is 0 Å². The second kappa shape index (κ2) is 9.83. The van der Waals surface area contributed by atoms with Crippen molar-refractivity contribution in [3.05, 3.63) is 70.5 Å². The van der Waals surface area contributed by atoms with Gasteiger partial charge in [-0.1, -0.05) is 13.8 Å². The summed E-state index contributed by atoms with van der Waals surface area (Å²) < 4.78 is 53.2. The van der Waals surface area contributed by atoms with E-state index in [2.05, 4.69) is 20.6 Å². The smallest absolute Gasteiger partial charge is 0.334 e. The molecule has 0 aliphatic carbocycles. The molecule has 0 aliphatic rings. The minimum atomic E-state index is -3.66. The van der Waals surface area contributed by atoms with E-state index < -0.39 is 32.3 Å². The first-order valence-electron chi connectivity index (χ1n) is 9.76. The second-order valence-electron chi connectivity index (χ2n) is 6.67. The van der Waals surface area contributed by atoms with E-state index in [0.717, 1.165) is 18.5 Å². The van der Waals surface area contributed by atoms with Crippen molar-refractivity contribution < 1.29 is 22.1 Å². The highest BCUT2D eigenvalue weighted by Gasteiger charge is 2.25. The van der Waals surface area contributed by atoms with Gasteiger partial charge < -0.3 is 10.6 Å². The molecule has 0 saturated heterocycles. The van der Waals surface area contributed by atoms with Crippen LogP contribution in [0, 0.1) is 21.7 Å². The van der Waals surface area contributed by atoms with E-state index in [-0.39, 0.29) is 22.2 Å². The summed E-state index contributed by atoms with van der Waals surface area (Å²) in [5.41, 5.74) is -0.149. The van der Waals surface area contributed by atoms with E-state index in [1.807, 2.05) is 0 Å². The van der Waals surface area contributed by atoms with Crippen LogP contribution in [0.5, 0.6) is 0 Å². The van der Waals surface area contributed by atoms with Crippen molar-refractivity contribution in [1.82, 2.24) is 14.3 Å². The maximum atomic E-state index is 13.5. The highest BCUT2D eigenvalue weighted by Crippen LogP contribution is 2.33. The molecule has 174 valence electrons. The first-order chi connectivity index (χ1) is 15.7. The van der Waals surface area contributed by atoms with Crippen molar-refractivity contribution in [1.29, 1.82) is 0 Å². The Balaban J connectivity index is 1.90. The van der Waals surface area contributed by atoms with Crippen LogP contribution in [0.15, 0.2) is 53.7 Å². The average molecular weight is 478 g/mol. The Morgan fingerprint density at radius 2 is 1.48 bits per heavy atom. The molecule has 13 heteroatoms. The molecule has 0 radical (unpaired) electrons. The fourth-order valence-electron chi connectivity index (χ4n) is 3.00. The summed E-state index contributed by atoms with van der Waals surface area (Å²) in [6, 6.07) is 8.57. The summed E-state index contributed by atoms with van der Waals surface area (Å²) in [7, 11) is -3.66. The minimum absolute atomic E-state index is 0.0487. The van der Waals surface area contributed by atoms with E-state index >= 15 is 0 Å². The van der Waals surface area contributed by atoms with Gasteiger partial charge in [-0.15, -0.1) is 0 Å². The highest BCUT2D eigenvalue weighted by molar-refractivity contribution is 7.89. The minimum Gasteiger partial charge on any atom is -0.334 e. The largest absolute Gasteiger partial charge is 0.353 e. The molecule has 0 unspecified atom stereocenters. The molecule has 3 rings (SSSR count). The van der Waals surface area contributed by atoms with Gasteiger partial charge in [-0.2, -0.15) is 4.31 Å². The van der Waals surface area contributed by atoms with Crippen LogP contribution in [-0.4, -0.2) is 40.7 Å². The number of rotatable bonds is 9. The Labute approximate surface area is 188 Å². The SMILES string of the molecule is CCN(CC)S(=O)(=O)c1ccc(Nc2ncnc(Nc3ccc(F)c(F)c3)c2[N+](=O)[O-])cc1. The summed E-state index contributed by atoms with van der Waals surface area (Å²) in [4.78, 5) is 18.8. The third-order valence-corrected chi connectivity index (χ3v) is 6.71. The molecule has 0 atom stereocenters. The van der Waals surface area contributed by atoms with Gasteiger partial charge in [-0.25, -0.2) is 27.2 Å². The topological polar surface area (TPSA) is 130 Å². The van der Waals surface area contributed by atoms with Crippen molar-refractivity contribution >= 4 is 38.7 Å². The number of hydrogen-bond donors (Lipinski definition) is 2. The van der Waals surface area contributed by atoms with Crippen LogP contribution < -0.4 is 10.6 Å². The Hall–Kier alpha value is -3.71. The predicted molar refractivity (Wildman–Crippen MR) is 118 cm³/mol. The van der Waals surface area contributed by atoms with E-state index in [1.165, 1.54) is 34.6 Å². The van der Waals surface area contributed by atoms with Crippen LogP contribution in [0.25, 0.3) is 0 Å². The molecule has 0 amide bonds. The summed E-state index contributed by atoms with van der Waals surface area (Å²) in [6.45, 7) is 4.10. The van der Waals surface area contributed by atoms with Gasteiger partial charge in [0.15, 0.2) is 11.6 Å². The van der Waals surface area contributed by atoms with Crippen LogP contribution in [0.4, 0.5) is 37.5 Å². The number of nitrogens with zero attached hydrogens (tertiary/aromatic N) is 4. The maximum absolute atomic E-state index is 13.5. The van der Waals surface area contributed by atoms with E-state index in [1.54, 1.807) is 13.8 Å². The molecule has 10 nitrogen and oxygen atoms in total. The molecule has 0 saturated carbocycles. The Morgan fingerprint density at radius 1 is 0.939 bits per heavy atom. The molecule has 2 N–H and O–H groups in total. The first kappa shape index (κ1) is 23.9. The number of aromatic nitrogens is 2. The lowest BCUT2D eigenvalue weighted by Gasteiger charge is -2.18. The van der Waals surface area contributed by atoms with Gasteiger partial charge in [0.2, 0.25) is 21.7 Å². The summed E-state index contributed by atoms with van der Waals surface area (Å²) in [6.07, 6.45) is 1.05. The molecule has 3 aromatic rings. The molecule has 0 bridgehead atoms. The molecule has 0 spiro atoms. The van der Waals surface area contributed by atoms with Gasteiger partial charge in [-0.3, -0.25) is 10.1 Å². The van der Waals surface area contributed by atoms with Gasteiger partial charge in [0, 0.05) is 30.5 Å². The molecule has 1 heterocycles. The van der Waals surface area contributed by atoms with Crippen LogP contribution in [0.2, 0.25) is 0 Å². The van der Waals surface area contributed by atoms with Crippen molar-refractivity contribution in [2.45, 2.75) is 18.7 Å². The standard InChI is InChI=1S/C20H20F2N6O4S/c1-3-27(4-2)33(31,32)15-8-5-13(6-9-15)25-19-18(28(29)30)20(24-12-23-19)26-14-7-10-16(21)17(22)11-14/h5-12H,3-4H2,1-2H3,(H2,23,24,25,26). The molecule has 1 aromatic heterocycles. The highest BCUT2D eigenvalue weighted by atomic mass is 32.2. The lowest BCUT2D eigenvalue weighted by Crippen LogP contribution is -2.30. The van der Waals surface area contributed by atoms with Gasteiger partial charge in [0.25, 0.3) is 0 Å². The Bertz CT molecular complexity index is 1270. The van der Waals surface area contributed by atoms with Crippen molar-refractivity contribution in [3.8, 4) is 0 Å². The van der Waals surface area contributed by atoms with Gasteiger partial charge in [0.05, 0.1) is 9.82 Å². The average Bonchev–Trinajstić information content (AvgIpc) is 2.77. The second-order valence-corrected chi connectivity index (χ2v) is 8.61. The normalized spacial score (nSPS) is 11.4. The number of sulfonamides is 1. The maximum Gasteiger partial charge on any atom is 0.353 e.